The number of carbonyl (C=O) groups is 2. The van der Waals surface area contributed by atoms with Crippen LogP contribution in [0, 0.1) is 11.3 Å². The van der Waals surface area contributed by atoms with Gasteiger partial charge in [0.2, 0.25) is 5.91 Å². The summed E-state index contributed by atoms with van der Waals surface area (Å²) in [4.78, 5) is 25.6. The van der Waals surface area contributed by atoms with Gasteiger partial charge >= 0.3 is 5.97 Å². The lowest BCUT2D eigenvalue weighted by Crippen LogP contribution is -2.43. The zero-order valence-corrected chi connectivity index (χ0v) is 10.7. The van der Waals surface area contributed by atoms with E-state index in [4.69, 9.17) is 4.74 Å². The van der Waals surface area contributed by atoms with Crippen molar-refractivity contribution in [2.45, 2.75) is 39.5 Å². The van der Waals surface area contributed by atoms with Gasteiger partial charge < -0.3 is 9.64 Å². The third-order valence-corrected chi connectivity index (χ3v) is 3.92. The van der Waals surface area contributed by atoms with Crippen LogP contribution in [0.25, 0.3) is 0 Å². The fourth-order valence-electron chi connectivity index (χ4n) is 2.36. The van der Waals surface area contributed by atoms with Crippen LogP contribution in [0.3, 0.4) is 0 Å². The maximum Gasteiger partial charge on any atom is 0.309 e. The fraction of sp³-hybridized carbons (Fsp3) is 0.846. The molecule has 1 saturated heterocycles. The number of likely N-dealkylation sites (tertiary alicyclic amines) is 1. The van der Waals surface area contributed by atoms with Crippen LogP contribution in [0.4, 0.5) is 0 Å². The fourth-order valence-corrected chi connectivity index (χ4v) is 2.36. The van der Waals surface area contributed by atoms with Gasteiger partial charge in [-0.05, 0) is 32.6 Å². The summed E-state index contributed by atoms with van der Waals surface area (Å²) >= 11 is 0. The van der Waals surface area contributed by atoms with E-state index in [1.54, 1.807) is 0 Å². The predicted molar refractivity (Wildman–Crippen MR) is 63.3 cm³/mol. The molecule has 1 heterocycles. The second-order valence-corrected chi connectivity index (χ2v) is 5.38. The van der Waals surface area contributed by atoms with Gasteiger partial charge in [-0.15, -0.1) is 0 Å². The van der Waals surface area contributed by atoms with Crippen molar-refractivity contribution >= 4 is 11.9 Å². The second kappa shape index (κ2) is 4.67. The molecule has 2 aliphatic rings. The Morgan fingerprint density at radius 2 is 1.88 bits per heavy atom. The number of hydrogen-bond donors (Lipinski definition) is 0. The summed E-state index contributed by atoms with van der Waals surface area (Å²) in [6.45, 7) is 5.71. The molecular weight excluding hydrogens is 218 g/mol. The average Bonchev–Trinajstić information content (AvgIpc) is 3.08. The van der Waals surface area contributed by atoms with E-state index in [-0.39, 0.29) is 23.2 Å². The number of amides is 1. The van der Waals surface area contributed by atoms with E-state index in [9.17, 15) is 9.59 Å². The first-order chi connectivity index (χ1) is 8.07. The van der Waals surface area contributed by atoms with Gasteiger partial charge in [0, 0.05) is 18.5 Å². The Labute approximate surface area is 102 Å². The molecule has 0 aromatic carbocycles. The molecule has 0 aromatic rings. The first kappa shape index (κ1) is 12.4. The van der Waals surface area contributed by atoms with E-state index in [0.717, 1.165) is 25.7 Å². The van der Waals surface area contributed by atoms with Crippen LogP contribution >= 0.6 is 0 Å². The van der Waals surface area contributed by atoms with Crippen molar-refractivity contribution in [1.29, 1.82) is 0 Å². The first-order valence-corrected chi connectivity index (χ1v) is 6.53. The van der Waals surface area contributed by atoms with Crippen LogP contribution in [-0.4, -0.2) is 36.5 Å². The Morgan fingerprint density at radius 3 is 2.35 bits per heavy atom. The van der Waals surface area contributed by atoms with Crippen molar-refractivity contribution in [1.82, 2.24) is 4.90 Å². The van der Waals surface area contributed by atoms with Crippen molar-refractivity contribution < 1.29 is 14.3 Å². The van der Waals surface area contributed by atoms with Crippen molar-refractivity contribution in [3.63, 3.8) is 0 Å². The van der Waals surface area contributed by atoms with Crippen LogP contribution < -0.4 is 0 Å². The zero-order chi connectivity index (χ0) is 12.5. The lowest BCUT2D eigenvalue weighted by molar-refractivity contribution is -0.152. The summed E-state index contributed by atoms with van der Waals surface area (Å²) in [5.41, 5.74) is -0.0865. The van der Waals surface area contributed by atoms with Crippen LogP contribution in [0.2, 0.25) is 0 Å². The Kier molecular flexibility index (Phi) is 3.40. The van der Waals surface area contributed by atoms with Crippen LogP contribution in [0.1, 0.15) is 39.5 Å². The minimum absolute atomic E-state index is 0.00832. The molecular formula is C13H21NO3. The Hall–Kier alpha value is -1.06. The monoisotopic (exact) mass is 239 g/mol. The van der Waals surface area contributed by atoms with Crippen molar-refractivity contribution in [3.8, 4) is 0 Å². The van der Waals surface area contributed by atoms with Crippen LogP contribution in [0.15, 0.2) is 0 Å². The molecule has 4 nitrogen and oxygen atoms in total. The third kappa shape index (κ3) is 2.61. The highest BCUT2D eigenvalue weighted by atomic mass is 16.5. The minimum atomic E-state index is -0.0998. The Morgan fingerprint density at radius 1 is 1.29 bits per heavy atom. The smallest absolute Gasteiger partial charge is 0.309 e. The molecule has 2 fully saturated rings. The van der Waals surface area contributed by atoms with Crippen molar-refractivity contribution in [2.75, 3.05) is 19.7 Å². The first-order valence-electron chi connectivity index (χ1n) is 6.53. The molecule has 4 heteroatoms. The summed E-state index contributed by atoms with van der Waals surface area (Å²) < 4.78 is 5.01. The van der Waals surface area contributed by atoms with Gasteiger partial charge in [0.1, 0.15) is 0 Å². The summed E-state index contributed by atoms with van der Waals surface area (Å²) in [6.07, 6.45) is 3.54. The van der Waals surface area contributed by atoms with E-state index in [0.29, 0.717) is 19.7 Å². The van der Waals surface area contributed by atoms with Crippen molar-refractivity contribution in [2.24, 2.45) is 11.3 Å². The molecule has 17 heavy (non-hydrogen) atoms. The normalized spacial score (nSPS) is 23.3. The maximum absolute atomic E-state index is 12.1. The highest BCUT2D eigenvalue weighted by Gasteiger charge is 2.47. The molecule has 0 N–H and O–H groups in total. The SMILES string of the molecule is CCOC(=O)C1CCN(C(=O)C2(C)CC2)CC1. The largest absolute Gasteiger partial charge is 0.466 e. The third-order valence-electron chi connectivity index (χ3n) is 3.92. The topological polar surface area (TPSA) is 46.6 Å². The van der Waals surface area contributed by atoms with Crippen molar-refractivity contribution in [3.05, 3.63) is 0 Å². The molecule has 0 radical (unpaired) electrons. The van der Waals surface area contributed by atoms with Gasteiger partial charge in [-0.1, -0.05) is 6.92 Å². The second-order valence-electron chi connectivity index (χ2n) is 5.38. The molecule has 2 rings (SSSR count). The zero-order valence-electron chi connectivity index (χ0n) is 10.7. The number of carbonyl (C=O) groups excluding carboxylic acids is 2. The molecule has 0 unspecified atom stereocenters. The molecule has 1 aliphatic carbocycles. The lowest BCUT2D eigenvalue weighted by atomic mass is 9.95. The summed E-state index contributed by atoms with van der Waals surface area (Å²) in [5.74, 6) is 0.169. The number of nitrogens with zero attached hydrogens (tertiary/aromatic N) is 1. The summed E-state index contributed by atoms with van der Waals surface area (Å²) in [5, 5.41) is 0. The van der Waals surface area contributed by atoms with E-state index < -0.39 is 0 Å². The van der Waals surface area contributed by atoms with E-state index >= 15 is 0 Å². The number of esters is 1. The number of ether oxygens (including phenoxy) is 1. The molecule has 0 aromatic heterocycles. The standard InChI is InChI=1S/C13H21NO3/c1-3-17-11(15)10-4-8-14(9-5-10)12(16)13(2)6-7-13/h10H,3-9H2,1-2H3. The average molecular weight is 239 g/mol. The highest BCUT2D eigenvalue weighted by molar-refractivity contribution is 5.85. The van der Waals surface area contributed by atoms with Gasteiger partial charge in [-0.2, -0.15) is 0 Å². The van der Waals surface area contributed by atoms with E-state index in [1.807, 2.05) is 18.7 Å². The predicted octanol–water partition coefficient (Wildman–Crippen LogP) is 1.59. The van der Waals surface area contributed by atoms with Gasteiger partial charge in [0.25, 0.3) is 0 Å². The lowest BCUT2D eigenvalue weighted by Gasteiger charge is -2.32. The summed E-state index contributed by atoms with van der Waals surface area (Å²) in [6, 6.07) is 0. The molecule has 0 bridgehead atoms. The molecule has 1 saturated carbocycles. The minimum Gasteiger partial charge on any atom is -0.466 e. The Balaban J connectivity index is 1.82. The Bertz CT molecular complexity index is 315. The highest BCUT2D eigenvalue weighted by Crippen LogP contribution is 2.46. The van der Waals surface area contributed by atoms with Crippen LogP contribution in [-0.2, 0) is 14.3 Å². The van der Waals surface area contributed by atoms with Gasteiger partial charge in [-0.3, -0.25) is 9.59 Å². The molecule has 0 atom stereocenters. The molecule has 0 spiro atoms. The van der Waals surface area contributed by atoms with E-state index in [2.05, 4.69) is 0 Å². The van der Waals surface area contributed by atoms with Gasteiger partial charge in [0.15, 0.2) is 0 Å². The number of piperidine rings is 1. The molecule has 96 valence electrons. The van der Waals surface area contributed by atoms with Gasteiger partial charge in [-0.25, -0.2) is 0 Å². The number of hydrogen-bond acceptors (Lipinski definition) is 3. The summed E-state index contributed by atoms with van der Waals surface area (Å²) in [7, 11) is 0. The molecule has 1 amide bonds. The number of rotatable bonds is 3. The quantitative estimate of drug-likeness (QED) is 0.703. The molecule has 1 aliphatic heterocycles. The van der Waals surface area contributed by atoms with E-state index in [1.165, 1.54) is 0 Å². The maximum atomic E-state index is 12.1. The van der Waals surface area contributed by atoms with Gasteiger partial charge in [0.05, 0.1) is 12.5 Å². The van der Waals surface area contributed by atoms with Crippen LogP contribution in [0.5, 0.6) is 0 Å².